The minimum absolute atomic E-state index is 0.0910. The minimum Gasteiger partial charge on any atom is -0.507 e. The number of ether oxygens (including phenoxy) is 1. The number of aromatic hydroxyl groups is 1. The van der Waals surface area contributed by atoms with Crippen molar-refractivity contribution in [2.45, 2.75) is 0 Å². The summed E-state index contributed by atoms with van der Waals surface area (Å²) in [6, 6.07) is 22.9. The molecule has 0 heterocycles. The molecule has 0 saturated carbocycles. The first-order valence-corrected chi connectivity index (χ1v) is 7.67. The average Bonchev–Trinajstić information content (AvgIpc) is 2.64. The molecular formula is C20H16N2O3. The highest BCUT2D eigenvalue weighted by molar-refractivity contribution is 5.97. The summed E-state index contributed by atoms with van der Waals surface area (Å²) < 4.78 is 5.76. The Hall–Kier alpha value is -3.60. The number of hydrogen-bond donors (Lipinski definition) is 2. The van der Waals surface area contributed by atoms with Gasteiger partial charge in [0.05, 0.1) is 11.8 Å². The number of hydrogen-bond acceptors (Lipinski definition) is 4. The van der Waals surface area contributed by atoms with E-state index in [0.29, 0.717) is 22.6 Å². The third-order valence-corrected chi connectivity index (χ3v) is 3.41. The number of amides is 1. The number of carbonyl (C=O) groups excluding carboxylic acids is 1. The second kappa shape index (κ2) is 7.79. The highest BCUT2D eigenvalue weighted by Crippen LogP contribution is 2.24. The van der Waals surface area contributed by atoms with Crippen LogP contribution in [0.3, 0.4) is 0 Å². The largest absolute Gasteiger partial charge is 0.507 e. The van der Waals surface area contributed by atoms with Crippen LogP contribution in [0.15, 0.2) is 84.0 Å². The first kappa shape index (κ1) is 16.3. The molecule has 0 bridgehead atoms. The Morgan fingerprint density at radius 3 is 2.40 bits per heavy atom. The van der Waals surface area contributed by atoms with Gasteiger partial charge in [0.25, 0.3) is 5.91 Å². The molecule has 0 spiro atoms. The van der Waals surface area contributed by atoms with Crippen LogP contribution >= 0.6 is 0 Å². The fourth-order valence-electron chi connectivity index (χ4n) is 2.18. The van der Waals surface area contributed by atoms with Gasteiger partial charge in [-0.05, 0) is 36.4 Å². The maximum absolute atomic E-state index is 12.4. The lowest BCUT2D eigenvalue weighted by Crippen LogP contribution is -2.18. The lowest BCUT2D eigenvalue weighted by atomic mass is 10.2. The van der Waals surface area contributed by atoms with Crippen molar-refractivity contribution >= 4 is 12.1 Å². The first-order chi connectivity index (χ1) is 12.2. The van der Waals surface area contributed by atoms with E-state index in [1.54, 1.807) is 48.5 Å². The van der Waals surface area contributed by atoms with Crippen LogP contribution in [-0.4, -0.2) is 17.2 Å². The molecule has 1 amide bonds. The number of rotatable bonds is 5. The monoisotopic (exact) mass is 332 g/mol. The van der Waals surface area contributed by atoms with Crippen molar-refractivity contribution in [1.29, 1.82) is 0 Å². The van der Waals surface area contributed by atoms with E-state index in [0.717, 1.165) is 0 Å². The zero-order chi connectivity index (χ0) is 17.5. The fourth-order valence-corrected chi connectivity index (χ4v) is 2.18. The summed E-state index contributed by atoms with van der Waals surface area (Å²) >= 11 is 0. The zero-order valence-electron chi connectivity index (χ0n) is 13.3. The van der Waals surface area contributed by atoms with E-state index in [9.17, 15) is 9.90 Å². The molecule has 0 aliphatic rings. The van der Waals surface area contributed by atoms with Gasteiger partial charge in [0.2, 0.25) is 0 Å². The Balaban J connectivity index is 1.73. The van der Waals surface area contributed by atoms with Gasteiger partial charge in [-0.3, -0.25) is 4.79 Å². The lowest BCUT2D eigenvalue weighted by molar-refractivity contribution is 0.0953. The van der Waals surface area contributed by atoms with E-state index >= 15 is 0 Å². The molecule has 0 radical (unpaired) electrons. The van der Waals surface area contributed by atoms with E-state index in [2.05, 4.69) is 10.5 Å². The normalized spacial score (nSPS) is 10.6. The van der Waals surface area contributed by atoms with Crippen molar-refractivity contribution in [1.82, 2.24) is 5.43 Å². The van der Waals surface area contributed by atoms with Crippen molar-refractivity contribution in [3.63, 3.8) is 0 Å². The number of phenols is 1. The molecule has 3 aromatic rings. The van der Waals surface area contributed by atoms with Gasteiger partial charge in [-0.2, -0.15) is 5.10 Å². The third kappa shape index (κ3) is 4.23. The Kier molecular flexibility index (Phi) is 5.07. The lowest BCUT2D eigenvalue weighted by Gasteiger charge is -2.09. The van der Waals surface area contributed by atoms with E-state index in [4.69, 9.17) is 4.74 Å². The summed E-state index contributed by atoms with van der Waals surface area (Å²) in [7, 11) is 0. The van der Waals surface area contributed by atoms with Crippen molar-refractivity contribution in [2.24, 2.45) is 5.10 Å². The number of phenolic OH excluding ortho intramolecular Hbond substituents is 1. The predicted molar refractivity (Wildman–Crippen MR) is 96.1 cm³/mol. The maximum atomic E-state index is 12.4. The SMILES string of the molecule is O=C(NN=Cc1ccccc1O)c1ccccc1Oc1ccccc1. The minimum atomic E-state index is -0.404. The molecule has 124 valence electrons. The summed E-state index contributed by atoms with van der Waals surface area (Å²) in [6.07, 6.45) is 1.38. The molecule has 3 aromatic carbocycles. The number of hydrazone groups is 1. The summed E-state index contributed by atoms with van der Waals surface area (Å²) in [5, 5.41) is 13.6. The second-order valence-electron chi connectivity index (χ2n) is 5.17. The molecule has 0 aromatic heterocycles. The van der Waals surface area contributed by atoms with E-state index in [-0.39, 0.29) is 5.75 Å². The van der Waals surface area contributed by atoms with Gasteiger partial charge in [-0.25, -0.2) is 5.43 Å². The molecule has 0 fully saturated rings. The topological polar surface area (TPSA) is 70.9 Å². The van der Waals surface area contributed by atoms with Crippen LogP contribution in [0.2, 0.25) is 0 Å². The molecule has 3 rings (SSSR count). The third-order valence-electron chi connectivity index (χ3n) is 3.41. The Morgan fingerprint density at radius 1 is 0.920 bits per heavy atom. The molecule has 2 N–H and O–H groups in total. The molecule has 25 heavy (non-hydrogen) atoms. The second-order valence-corrected chi connectivity index (χ2v) is 5.17. The quantitative estimate of drug-likeness (QED) is 0.549. The molecule has 0 saturated heterocycles. The van der Waals surface area contributed by atoms with Crippen molar-refractivity contribution in [2.75, 3.05) is 0 Å². The maximum Gasteiger partial charge on any atom is 0.275 e. The van der Waals surface area contributed by atoms with Gasteiger partial charge in [0, 0.05) is 5.56 Å². The van der Waals surface area contributed by atoms with Crippen LogP contribution in [0, 0.1) is 0 Å². The van der Waals surface area contributed by atoms with E-state index < -0.39 is 5.91 Å². The van der Waals surface area contributed by atoms with Crippen LogP contribution in [0.5, 0.6) is 17.2 Å². The van der Waals surface area contributed by atoms with Gasteiger partial charge in [-0.1, -0.05) is 42.5 Å². The summed E-state index contributed by atoms with van der Waals surface area (Å²) in [4.78, 5) is 12.4. The van der Waals surface area contributed by atoms with Crippen LogP contribution < -0.4 is 10.2 Å². The van der Waals surface area contributed by atoms with Gasteiger partial charge >= 0.3 is 0 Å². The number of nitrogens with one attached hydrogen (secondary N) is 1. The highest BCUT2D eigenvalue weighted by atomic mass is 16.5. The molecule has 5 heteroatoms. The summed E-state index contributed by atoms with van der Waals surface area (Å²) in [6.45, 7) is 0. The smallest absolute Gasteiger partial charge is 0.275 e. The van der Waals surface area contributed by atoms with E-state index in [1.165, 1.54) is 6.21 Å². The van der Waals surface area contributed by atoms with Crippen LogP contribution in [0.1, 0.15) is 15.9 Å². The number of para-hydroxylation sites is 3. The van der Waals surface area contributed by atoms with Crippen LogP contribution in [0.25, 0.3) is 0 Å². The molecule has 0 unspecified atom stereocenters. The molecule has 5 nitrogen and oxygen atoms in total. The number of benzene rings is 3. The summed E-state index contributed by atoms with van der Waals surface area (Å²) in [5.74, 6) is 0.760. The number of carbonyl (C=O) groups is 1. The van der Waals surface area contributed by atoms with Gasteiger partial charge in [-0.15, -0.1) is 0 Å². The summed E-state index contributed by atoms with van der Waals surface area (Å²) in [5.41, 5.74) is 3.31. The van der Waals surface area contributed by atoms with Crippen molar-refractivity contribution in [3.05, 3.63) is 90.0 Å². The molecule has 0 aliphatic heterocycles. The van der Waals surface area contributed by atoms with Crippen LogP contribution in [-0.2, 0) is 0 Å². The predicted octanol–water partition coefficient (Wildman–Crippen LogP) is 3.95. The van der Waals surface area contributed by atoms with Crippen molar-refractivity contribution < 1.29 is 14.6 Å². The van der Waals surface area contributed by atoms with E-state index in [1.807, 2.05) is 30.3 Å². The van der Waals surface area contributed by atoms with Crippen molar-refractivity contribution in [3.8, 4) is 17.2 Å². The molecule has 0 atom stereocenters. The molecule has 0 aliphatic carbocycles. The Labute approximate surface area is 145 Å². The Morgan fingerprint density at radius 2 is 1.60 bits per heavy atom. The highest BCUT2D eigenvalue weighted by Gasteiger charge is 2.12. The van der Waals surface area contributed by atoms with Crippen LogP contribution in [0.4, 0.5) is 0 Å². The molecular weight excluding hydrogens is 316 g/mol. The number of nitrogens with zero attached hydrogens (tertiary/aromatic N) is 1. The average molecular weight is 332 g/mol. The fraction of sp³-hybridized carbons (Fsp3) is 0. The Bertz CT molecular complexity index is 892. The standard InChI is InChI=1S/C20H16N2O3/c23-18-12-6-4-8-15(18)14-21-22-20(24)17-11-5-7-13-19(17)25-16-9-2-1-3-10-16/h1-14,23H,(H,22,24). The zero-order valence-corrected chi connectivity index (χ0v) is 13.3. The first-order valence-electron chi connectivity index (χ1n) is 7.67. The van der Waals surface area contributed by atoms with Gasteiger partial charge in [0.1, 0.15) is 17.2 Å². The van der Waals surface area contributed by atoms with Gasteiger partial charge in [0.15, 0.2) is 0 Å². The van der Waals surface area contributed by atoms with Gasteiger partial charge < -0.3 is 9.84 Å².